The summed E-state index contributed by atoms with van der Waals surface area (Å²) in [6, 6.07) is 9.66. The minimum Gasteiger partial charge on any atom is -0.350 e. The highest BCUT2D eigenvalue weighted by atomic mass is 19.4. The minimum atomic E-state index is -4.47. The van der Waals surface area contributed by atoms with Gasteiger partial charge in [-0.2, -0.15) is 13.2 Å². The van der Waals surface area contributed by atoms with E-state index in [1.807, 2.05) is 19.9 Å². The Morgan fingerprint density at radius 1 is 1.14 bits per heavy atom. The number of likely N-dealkylation sites (tertiary alicyclic amines) is 1. The van der Waals surface area contributed by atoms with Crippen LogP contribution < -0.4 is 11.1 Å². The van der Waals surface area contributed by atoms with E-state index < -0.39 is 12.2 Å². The van der Waals surface area contributed by atoms with Crippen molar-refractivity contribution in [2.45, 2.75) is 44.6 Å². The molecule has 0 radical (unpaired) electrons. The summed E-state index contributed by atoms with van der Waals surface area (Å²) in [6.45, 7) is 4.20. The Kier molecular flexibility index (Phi) is 6.13. The summed E-state index contributed by atoms with van der Waals surface area (Å²) in [6.07, 6.45) is -2.53. The van der Waals surface area contributed by atoms with Gasteiger partial charge in [0.05, 0.1) is 5.52 Å². The van der Waals surface area contributed by atoms with Gasteiger partial charge in [-0.25, -0.2) is 4.98 Å². The fourth-order valence-corrected chi connectivity index (χ4v) is 4.63. The number of benzene rings is 1. The van der Waals surface area contributed by atoms with Crippen molar-refractivity contribution in [2.75, 3.05) is 13.1 Å². The molecule has 8 nitrogen and oxygen atoms in total. The number of alkyl halides is 3. The second kappa shape index (κ2) is 9.14. The van der Waals surface area contributed by atoms with Gasteiger partial charge < -0.3 is 11.1 Å². The van der Waals surface area contributed by atoms with Gasteiger partial charge >= 0.3 is 6.18 Å². The number of hydrogen-bond donors (Lipinski definition) is 2. The Morgan fingerprint density at radius 3 is 2.61 bits per heavy atom. The number of amides is 1. The number of hydrogen-bond acceptors (Lipinski definition) is 6. The zero-order valence-corrected chi connectivity index (χ0v) is 19.8. The van der Waals surface area contributed by atoms with Crippen LogP contribution in [0.15, 0.2) is 48.7 Å². The van der Waals surface area contributed by atoms with Gasteiger partial charge in [0, 0.05) is 42.3 Å². The third-order valence-electron chi connectivity index (χ3n) is 6.28. The number of pyridine rings is 2. The molecule has 2 atom stereocenters. The first-order chi connectivity index (χ1) is 17.1. The maximum Gasteiger partial charge on any atom is 0.408 e. The molecule has 1 aliphatic heterocycles. The van der Waals surface area contributed by atoms with E-state index in [9.17, 15) is 18.0 Å². The van der Waals surface area contributed by atoms with Crippen molar-refractivity contribution in [3.8, 4) is 11.5 Å². The molecular formula is C25H26F3N7O. The summed E-state index contributed by atoms with van der Waals surface area (Å²) in [7, 11) is 0. The summed E-state index contributed by atoms with van der Waals surface area (Å²) < 4.78 is 43.9. The highest BCUT2D eigenvalue weighted by Crippen LogP contribution is 2.39. The first-order valence-electron chi connectivity index (χ1n) is 11.7. The van der Waals surface area contributed by atoms with E-state index in [0.717, 1.165) is 5.39 Å². The molecule has 0 saturated carbocycles. The van der Waals surface area contributed by atoms with Crippen LogP contribution in [0.1, 0.15) is 42.2 Å². The first-order valence-corrected chi connectivity index (χ1v) is 11.7. The fraction of sp³-hybridized carbons (Fsp3) is 0.360. The van der Waals surface area contributed by atoms with Crippen molar-refractivity contribution in [2.24, 2.45) is 5.73 Å². The van der Waals surface area contributed by atoms with E-state index in [-0.39, 0.29) is 36.6 Å². The van der Waals surface area contributed by atoms with Crippen molar-refractivity contribution in [3.05, 3.63) is 59.8 Å². The van der Waals surface area contributed by atoms with Crippen LogP contribution in [0.25, 0.3) is 28.1 Å². The molecule has 3 N–H and O–H groups in total. The zero-order valence-electron chi connectivity index (χ0n) is 19.8. The Morgan fingerprint density at radius 2 is 1.92 bits per heavy atom. The van der Waals surface area contributed by atoms with E-state index in [2.05, 4.69) is 20.5 Å². The summed E-state index contributed by atoms with van der Waals surface area (Å²) in [4.78, 5) is 18.4. The lowest BCUT2D eigenvalue weighted by Gasteiger charge is -2.30. The van der Waals surface area contributed by atoms with Gasteiger partial charge in [-0.1, -0.05) is 18.2 Å². The first kappa shape index (κ1) is 24.1. The molecule has 4 aromatic rings. The second-order valence-electron chi connectivity index (χ2n) is 9.43. The average Bonchev–Trinajstić information content (AvgIpc) is 3.43. The number of fused-ring (bicyclic) bond motifs is 2. The van der Waals surface area contributed by atoms with Crippen LogP contribution in [0.4, 0.5) is 13.2 Å². The number of aromatic nitrogens is 4. The highest BCUT2D eigenvalue weighted by Gasteiger charge is 2.46. The molecule has 0 spiro atoms. The summed E-state index contributed by atoms with van der Waals surface area (Å²) in [5.74, 6) is 0.0985. The van der Waals surface area contributed by atoms with Crippen LogP contribution in [0.3, 0.4) is 0 Å². The van der Waals surface area contributed by atoms with Gasteiger partial charge in [0.1, 0.15) is 11.7 Å². The Hall–Kier alpha value is -3.57. The fourth-order valence-electron chi connectivity index (χ4n) is 4.63. The molecule has 1 fully saturated rings. The lowest BCUT2D eigenvalue weighted by molar-refractivity contribution is -0.183. The number of carbonyl (C=O) groups is 1. The normalized spacial score (nSPS) is 17.8. The Labute approximate surface area is 205 Å². The van der Waals surface area contributed by atoms with Crippen molar-refractivity contribution < 1.29 is 18.0 Å². The quantitative estimate of drug-likeness (QED) is 0.436. The topological polar surface area (TPSA) is 101 Å². The highest BCUT2D eigenvalue weighted by molar-refractivity contribution is 5.98. The molecular weight excluding hydrogens is 471 g/mol. The molecule has 1 saturated heterocycles. The van der Waals surface area contributed by atoms with E-state index >= 15 is 0 Å². The third kappa shape index (κ3) is 4.63. The molecule has 1 amide bonds. The van der Waals surface area contributed by atoms with E-state index in [4.69, 9.17) is 5.73 Å². The van der Waals surface area contributed by atoms with Crippen LogP contribution in [0, 0.1) is 0 Å². The van der Waals surface area contributed by atoms with Crippen molar-refractivity contribution in [1.82, 2.24) is 29.8 Å². The lowest BCUT2D eigenvalue weighted by Crippen LogP contribution is -2.38. The molecule has 3 aromatic heterocycles. The standard InChI is InChI=1S/C25H26F3N7O/c1-14(2)30-24(36)16-4-3-15-5-7-19(31-20(15)11-16)23-33-32-21-8-6-17(12-35(21)23)22(25(26,27)28)34-10-9-18(29)13-34/h3-8,11-12,14,18,22H,9-10,13,29H2,1-2H3,(H,30,36)/t18-,22+/m0/s1. The van der Waals surface area contributed by atoms with Gasteiger partial charge in [0.25, 0.3) is 5.91 Å². The SMILES string of the molecule is CC(C)NC(=O)c1ccc2ccc(-c3nnc4ccc([C@@H](N5CC[C@H](N)C5)C(F)(F)F)cn34)nc2c1. The average molecular weight is 498 g/mol. The molecule has 1 aliphatic rings. The second-order valence-corrected chi connectivity index (χ2v) is 9.43. The number of carbonyl (C=O) groups excluding carboxylic acids is 1. The largest absolute Gasteiger partial charge is 0.408 e. The molecule has 5 rings (SSSR count). The van der Waals surface area contributed by atoms with E-state index in [1.54, 1.807) is 24.3 Å². The number of halogens is 3. The number of rotatable bonds is 5. The molecule has 11 heteroatoms. The lowest BCUT2D eigenvalue weighted by atomic mass is 10.1. The van der Waals surface area contributed by atoms with E-state index in [0.29, 0.717) is 34.7 Å². The van der Waals surface area contributed by atoms with E-state index in [1.165, 1.54) is 27.6 Å². The molecule has 0 unspecified atom stereocenters. The van der Waals surface area contributed by atoms with Gasteiger partial charge in [-0.15, -0.1) is 10.2 Å². The predicted octanol–water partition coefficient (Wildman–Crippen LogP) is 3.72. The minimum absolute atomic E-state index is 0.0131. The number of nitrogens with zero attached hydrogens (tertiary/aromatic N) is 5. The molecule has 0 bridgehead atoms. The van der Waals surface area contributed by atoms with Crippen LogP contribution in [-0.2, 0) is 0 Å². The van der Waals surface area contributed by atoms with Gasteiger partial charge in [-0.3, -0.25) is 14.1 Å². The van der Waals surface area contributed by atoms with Crippen LogP contribution in [0.2, 0.25) is 0 Å². The predicted molar refractivity (Wildman–Crippen MR) is 129 cm³/mol. The molecule has 1 aromatic carbocycles. The molecule has 188 valence electrons. The Balaban J connectivity index is 1.55. The molecule has 36 heavy (non-hydrogen) atoms. The molecule has 4 heterocycles. The third-order valence-corrected chi connectivity index (χ3v) is 6.28. The van der Waals surface area contributed by atoms with Gasteiger partial charge in [0.2, 0.25) is 0 Å². The van der Waals surface area contributed by atoms with Crippen LogP contribution in [-0.4, -0.2) is 61.7 Å². The van der Waals surface area contributed by atoms with Crippen LogP contribution >= 0.6 is 0 Å². The summed E-state index contributed by atoms with van der Waals surface area (Å²) in [5.41, 5.74) is 7.83. The smallest absolute Gasteiger partial charge is 0.350 e. The number of nitrogens with one attached hydrogen (secondary N) is 1. The zero-order chi connectivity index (χ0) is 25.6. The maximum absolute atomic E-state index is 14.1. The Bertz CT molecular complexity index is 1430. The van der Waals surface area contributed by atoms with Crippen molar-refractivity contribution >= 4 is 22.5 Å². The van der Waals surface area contributed by atoms with Gasteiger partial charge in [0.15, 0.2) is 11.5 Å². The molecule has 0 aliphatic carbocycles. The monoisotopic (exact) mass is 497 g/mol. The van der Waals surface area contributed by atoms with Crippen molar-refractivity contribution in [1.29, 1.82) is 0 Å². The summed E-state index contributed by atoms with van der Waals surface area (Å²) in [5, 5.41) is 12.0. The van der Waals surface area contributed by atoms with Gasteiger partial charge in [-0.05, 0) is 50.1 Å². The summed E-state index contributed by atoms with van der Waals surface area (Å²) >= 11 is 0. The maximum atomic E-state index is 14.1. The number of nitrogens with two attached hydrogens (primary N) is 1. The van der Waals surface area contributed by atoms with Crippen molar-refractivity contribution in [3.63, 3.8) is 0 Å². The van der Waals surface area contributed by atoms with Crippen LogP contribution in [0.5, 0.6) is 0 Å².